The zero-order valence-electron chi connectivity index (χ0n) is 9.43. The van der Waals surface area contributed by atoms with Crippen molar-refractivity contribution in [1.29, 1.82) is 0 Å². The second-order valence-electron chi connectivity index (χ2n) is 3.35. The summed E-state index contributed by atoms with van der Waals surface area (Å²) in [7, 11) is 0. The molecule has 0 bridgehead atoms. The summed E-state index contributed by atoms with van der Waals surface area (Å²) in [4.78, 5) is 10.3. The number of rotatable bonds is 2. The lowest BCUT2D eigenvalue weighted by molar-refractivity contribution is -0.144. The van der Waals surface area contributed by atoms with Gasteiger partial charge in [0.1, 0.15) is 0 Å². The number of hydrogen-bond acceptors (Lipinski definition) is 3. The fourth-order valence-corrected chi connectivity index (χ4v) is 0.909. The third kappa shape index (κ3) is 9.35. The third-order valence-corrected chi connectivity index (χ3v) is 1.69. The molecule has 0 N–H and O–H groups in total. The molecule has 0 saturated carbocycles. The van der Waals surface area contributed by atoms with Crippen LogP contribution in [0.4, 0.5) is 0 Å². The standard InChI is InChI=1S/C7H8.C5H10O2S/c1-7-5-3-2-4-6-7;1-4(2)7-5(6)3-8/h2-6H,1H3;4,8H,3H2,1-2H3. The molecular weight excluding hydrogens is 208 g/mol. The third-order valence-electron chi connectivity index (χ3n) is 1.44. The van der Waals surface area contributed by atoms with Gasteiger partial charge >= 0.3 is 5.97 Å². The van der Waals surface area contributed by atoms with Gasteiger partial charge in [-0.25, -0.2) is 0 Å². The summed E-state index contributed by atoms with van der Waals surface area (Å²) in [6.07, 6.45) is -0.0188. The Morgan fingerprint density at radius 2 is 1.87 bits per heavy atom. The van der Waals surface area contributed by atoms with E-state index >= 15 is 0 Å². The van der Waals surface area contributed by atoms with Gasteiger partial charge in [-0.2, -0.15) is 12.6 Å². The molecule has 0 spiro atoms. The molecule has 0 aliphatic rings. The molecule has 0 fully saturated rings. The van der Waals surface area contributed by atoms with Gasteiger partial charge in [0, 0.05) is 0 Å². The number of carbonyl (C=O) groups excluding carboxylic acids is 1. The summed E-state index contributed by atoms with van der Waals surface area (Å²) < 4.78 is 4.68. The average molecular weight is 226 g/mol. The van der Waals surface area contributed by atoms with E-state index in [0.29, 0.717) is 0 Å². The first-order valence-electron chi connectivity index (χ1n) is 4.88. The van der Waals surface area contributed by atoms with E-state index in [1.807, 2.05) is 18.2 Å². The van der Waals surface area contributed by atoms with Crippen molar-refractivity contribution in [2.75, 3.05) is 5.75 Å². The lowest BCUT2D eigenvalue weighted by Gasteiger charge is -2.03. The topological polar surface area (TPSA) is 26.3 Å². The maximum absolute atomic E-state index is 10.3. The molecule has 0 aliphatic heterocycles. The summed E-state index contributed by atoms with van der Waals surface area (Å²) in [6.45, 7) is 5.70. The molecular formula is C12H18O2S. The highest BCUT2D eigenvalue weighted by molar-refractivity contribution is 7.81. The smallest absolute Gasteiger partial charge is 0.315 e. The highest BCUT2D eigenvalue weighted by Crippen LogP contribution is 1.92. The molecule has 0 atom stereocenters. The molecule has 0 radical (unpaired) electrons. The van der Waals surface area contributed by atoms with E-state index in [1.165, 1.54) is 5.56 Å². The van der Waals surface area contributed by atoms with Gasteiger partial charge in [0.15, 0.2) is 0 Å². The molecule has 1 aromatic carbocycles. The van der Waals surface area contributed by atoms with E-state index in [0.717, 1.165) is 0 Å². The van der Waals surface area contributed by atoms with Gasteiger partial charge in [0.05, 0.1) is 11.9 Å². The van der Waals surface area contributed by atoms with Gasteiger partial charge in [-0.1, -0.05) is 35.9 Å². The summed E-state index contributed by atoms with van der Waals surface area (Å²) >= 11 is 3.72. The second-order valence-corrected chi connectivity index (χ2v) is 3.67. The van der Waals surface area contributed by atoms with Crippen molar-refractivity contribution in [3.05, 3.63) is 35.9 Å². The molecule has 0 heterocycles. The number of carbonyl (C=O) groups is 1. The molecule has 15 heavy (non-hydrogen) atoms. The van der Waals surface area contributed by atoms with E-state index in [-0.39, 0.29) is 17.8 Å². The minimum atomic E-state index is -0.261. The quantitative estimate of drug-likeness (QED) is 0.620. The number of hydrogen-bond donors (Lipinski definition) is 1. The van der Waals surface area contributed by atoms with E-state index < -0.39 is 0 Å². The molecule has 0 aliphatic carbocycles. The van der Waals surface area contributed by atoms with Crippen LogP contribution in [0.15, 0.2) is 30.3 Å². The van der Waals surface area contributed by atoms with Crippen LogP contribution < -0.4 is 0 Å². The van der Waals surface area contributed by atoms with E-state index in [9.17, 15) is 4.79 Å². The highest BCUT2D eigenvalue weighted by atomic mass is 32.1. The first-order chi connectivity index (χ1) is 7.06. The Balaban J connectivity index is 0.000000262. The Kier molecular flexibility index (Phi) is 7.82. The summed E-state index contributed by atoms with van der Waals surface area (Å²) in [5, 5.41) is 0. The first kappa shape index (κ1) is 14.0. The highest BCUT2D eigenvalue weighted by Gasteiger charge is 1.99. The zero-order chi connectivity index (χ0) is 11.7. The van der Waals surface area contributed by atoms with Crippen molar-refractivity contribution in [3.8, 4) is 0 Å². The Bertz CT molecular complexity index is 270. The van der Waals surface area contributed by atoms with Gasteiger partial charge in [-0.3, -0.25) is 4.79 Å². The Morgan fingerprint density at radius 1 is 1.33 bits per heavy atom. The summed E-state index contributed by atoms with van der Waals surface area (Å²) in [6, 6.07) is 10.3. The van der Waals surface area contributed by atoms with Gasteiger partial charge in [-0.15, -0.1) is 0 Å². The predicted octanol–water partition coefficient (Wildman–Crippen LogP) is 2.86. The van der Waals surface area contributed by atoms with Gasteiger partial charge in [0.25, 0.3) is 0 Å². The van der Waals surface area contributed by atoms with Gasteiger partial charge in [0.2, 0.25) is 0 Å². The van der Waals surface area contributed by atoms with Crippen LogP contribution in [0.5, 0.6) is 0 Å². The van der Waals surface area contributed by atoms with E-state index in [4.69, 9.17) is 0 Å². The fourth-order valence-electron chi connectivity index (χ4n) is 0.835. The lowest BCUT2D eigenvalue weighted by atomic mass is 10.2. The monoisotopic (exact) mass is 226 g/mol. The molecule has 0 amide bonds. The second kappa shape index (κ2) is 8.36. The van der Waals surface area contributed by atoms with Crippen molar-refractivity contribution < 1.29 is 9.53 Å². The minimum Gasteiger partial charge on any atom is -0.462 e. The van der Waals surface area contributed by atoms with Crippen molar-refractivity contribution in [2.45, 2.75) is 26.9 Å². The molecule has 84 valence electrons. The minimum absolute atomic E-state index is 0.0188. The van der Waals surface area contributed by atoms with Crippen molar-refractivity contribution in [3.63, 3.8) is 0 Å². The molecule has 2 nitrogen and oxygen atoms in total. The van der Waals surface area contributed by atoms with Crippen molar-refractivity contribution in [1.82, 2.24) is 0 Å². The molecule has 1 rings (SSSR count). The van der Waals surface area contributed by atoms with Crippen LogP contribution in [0, 0.1) is 6.92 Å². The van der Waals surface area contributed by atoms with Crippen molar-refractivity contribution in [2.24, 2.45) is 0 Å². The Hall–Kier alpha value is -0.960. The number of ether oxygens (including phenoxy) is 1. The number of benzene rings is 1. The van der Waals surface area contributed by atoms with Gasteiger partial charge < -0.3 is 4.74 Å². The van der Waals surface area contributed by atoms with Crippen LogP contribution in [0.3, 0.4) is 0 Å². The largest absolute Gasteiger partial charge is 0.462 e. The fraction of sp³-hybridized carbons (Fsp3) is 0.417. The van der Waals surface area contributed by atoms with Crippen LogP contribution in [-0.4, -0.2) is 17.8 Å². The lowest BCUT2D eigenvalue weighted by Crippen LogP contribution is -2.11. The average Bonchev–Trinajstić information content (AvgIpc) is 2.19. The number of aryl methyl sites for hydroxylation is 1. The van der Waals surface area contributed by atoms with E-state index in [2.05, 4.69) is 36.4 Å². The predicted molar refractivity (Wildman–Crippen MR) is 66.3 cm³/mol. The molecule has 0 unspecified atom stereocenters. The summed E-state index contributed by atoms with van der Waals surface area (Å²) in [5.74, 6) is -0.0959. The van der Waals surface area contributed by atoms with E-state index in [1.54, 1.807) is 13.8 Å². The Labute approximate surface area is 97.1 Å². The maximum Gasteiger partial charge on any atom is 0.315 e. The SMILES string of the molecule is CC(C)OC(=O)CS.Cc1ccccc1. The number of esters is 1. The van der Waals surface area contributed by atoms with Crippen molar-refractivity contribution >= 4 is 18.6 Å². The van der Waals surface area contributed by atoms with Crippen LogP contribution in [0.25, 0.3) is 0 Å². The van der Waals surface area contributed by atoms with Crippen LogP contribution in [0.2, 0.25) is 0 Å². The number of thiol groups is 1. The summed E-state index contributed by atoms with van der Waals surface area (Å²) in [5.41, 5.74) is 1.32. The molecule has 0 saturated heterocycles. The maximum atomic E-state index is 10.3. The van der Waals surface area contributed by atoms with Gasteiger partial charge in [-0.05, 0) is 20.8 Å². The normalized spacial score (nSPS) is 9.13. The first-order valence-corrected chi connectivity index (χ1v) is 5.51. The zero-order valence-corrected chi connectivity index (χ0v) is 10.3. The van der Waals surface area contributed by atoms with Crippen LogP contribution in [-0.2, 0) is 9.53 Å². The Morgan fingerprint density at radius 3 is 2.07 bits per heavy atom. The van der Waals surface area contributed by atoms with Crippen LogP contribution >= 0.6 is 12.6 Å². The molecule has 1 aromatic rings. The van der Waals surface area contributed by atoms with Crippen LogP contribution in [0.1, 0.15) is 19.4 Å². The molecule has 3 heteroatoms. The molecule has 0 aromatic heterocycles.